The van der Waals surface area contributed by atoms with Crippen LogP contribution in [-0.2, 0) is 6.61 Å². The molecule has 15 heavy (non-hydrogen) atoms. The van der Waals surface area contributed by atoms with Crippen molar-refractivity contribution in [2.24, 2.45) is 0 Å². The van der Waals surface area contributed by atoms with Crippen molar-refractivity contribution in [3.63, 3.8) is 0 Å². The smallest absolute Gasteiger partial charge is 0.0717 e. The number of hydrogen-bond donors (Lipinski definition) is 1. The molecule has 1 aliphatic rings. The van der Waals surface area contributed by atoms with Crippen LogP contribution >= 0.6 is 0 Å². The molecule has 0 bridgehead atoms. The maximum atomic E-state index is 9.28. The van der Waals surface area contributed by atoms with Crippen molar-refractivity contribution >= 4 is 5.69 Å². The normalized spacial score (nSPS) is 19.5. The van der Waals surface area contributed by atoms with Gasteiger partial charge in [-0.15, -0.1) is 0 Å². The summed E-state index contributed by atoms with van der Waals surface area (Å²) in [6.07, 6.45) is 5.98. The highest BCUT2D eigenvalue weighted by atomic mass is 16.3. The lowest BCUT2D eigenvalue weighted by Crippen LogP contribution is -2.38. The molecule has 0 aliphatic carbocycles. The lowest BCUT2D eigenvalue weighted by atomic mass is 10.0. The van der Waals surface area contributed by atoms with E-state index < -0.39 is 0 Å². The summed E-state index contributed by atoms with van der Waals surface area (Å²) in [6.45, 7) is 5.64. The van der Waals surface area contributed by atoms with Gasteiger partial charge in [0.15, 0.2) is 0 Å². The van der Waals surface area contributed by atoms with E-state index in [1.54, 1.807) is 12.4 Å². The van der Waals surface area contributed by atoms with Gasteiger partial charge in [-0.05, 0) is 32.8 Å². The van der Waals surface area contributed by atoms with E-state index in [1.807, 2.05) is 6.07 Å². The van der Waals surface area contributed by atoms with E-state index in [0.29, 0.717) is 0 Å². The molecule has 0 amide bonds. The summed E-state index contributed by atoms with van der Waals surface area (Å²) in [5.41, 5.74) is 2.26. The predicted octanol–water partition coefficient (Wildman–Crippen LogP) is 1.95. The molecule has 0 unspecified atom stereocenters. The second kappa shape index (κ2) is 3.81. The van der Waals surface area contributed by atoms with Gasteiger partial charge in [-0.1, -0.05) is 0 Å². The molecule has 1 aliphatic heterocycles. The predicted molar refractivity (Wildman–Crippen MR) is 60.8 cm³/mol. The van der Waals surface area contributed by atoms with E-state index in [0.717, 1.165) is 17.8 Å². The van der Waals surface area contributed by atoms with Gasteiger partial charge < -0.3 is 10.0 Å². The van der Waals surface area contributed by atoms with E-state index in [9.17, 15) is 5.11 Å². The molecule has 2 rings (SSSR count). The SMILES string of the molecule is CC1(C)CCCN1c1ccncc1CO. The van der Waals surface area contributed by atoms with Crippen molar-refractivity contribution in [2.45, 2.75) is 38.8 Å². The fraction of sp³-hybridized carbons (Fsp3) is 0.583. The Kier molecular flexibility index (Phi) is 2.65. The molecule has 1 N–H and O–H groups in total. The first-order valence-corrected chi connectivity index (χ1v) is 5.46. The largest absolute Gasteiger partial charge is 0.392 e. The van der Waals surface area contributed by atoms with Crippen molar-refractivity contribution in [1.29, 1.82) is 0 Å². The number of anilines is 1. The molecule has 1 fully saturated rings. The van der Waals surface area contributed by atoms with Crippen molar-refractivity contribution in [3.05, 3.63) is 24.0 Å². The lowest BCUT2D eigenvalue weighted by Gasteiger charge is -2.34. The Morgan fingerprint density at radius 1 is 1.53 bits per heavy atom. The number of rotatable bonds is 2. The summed E-state index contributed by atoms with van der Waals surface area (Å²) in [7, 11) is 0. The molecule has 0 spiro atoms. The van der Waals surface area contributed by atoms with E-state index >= 15 is 0 Å². The average Bonchev–Trinajstić information content (AvgIpc) is 2.58. The molecule has 0 radical (unpaired) electrons. The number of nitrogens with zero attached hydrogens (tertiary/aromatic N) is 2. The van der Waals surface area contributed by atoms with Crippen LogP contribution in [0, 0.1) is 0 Å². The van der Waals surface area contributed by atoms with Gasteiger partial charge in [0.25, 0.3) is 0 Å². The van der Waals surface area contributed by atoms with Crippen LogP contribution in [0.15, 0.2) is 18.5 Å². The van der Waals surface area contributed by atoms with Gasteiger partial charge in [-0.2, -0.15) is 0 Å². The minimum atomic E-state index is 0.0652. The van der Waals surface area contributed by atoms with Gasteiger partial charge in [-0.25, -0.2) is 0 Å². The summed E-state index contributed by atoms with van der Waals surface area (Å²) < 4.78 is 0. The minimum Gasteiger partial charge on any atom is -0.392 e. The zero-order valence-electron chi connectivity index (χ0n) is 9.40. The Hall–Kier alpha value is -1.09. The van der Waals surface area contributed by atoms with Crippen LogP contribution in [0.3, 0.4) is 0 Å². The standard InChI is InChI=1S/C12H18N2O/c1-12(2)5-3-7-14(12)11-4-6-13-8-10(11)9-15/h4,6,8,15H,3,5,7,9H2,1-2H3. The third kappa shape index (κ3) is 1.84. The summed E-state index contributed by atoms with van der Waals surface area (Å²) >= 11 is 0. The quantitative estimate of drug-likeness (QED) is 0.803. The summed E-state index contributed by atoms with van der Waals surface area (Å²) in [4.78, 5) is 6.42. The van der Waals surface area contributed by atoms with E-state index in [-0.39, 0.29) is 12.1 Å². The monoisotopic (exact) mass is 206 g/mol. The van der Waals surface area contributed by atoms with Crippen LogP contribution in [-0.4, -0.2) is 22.2 Å². The van der Waals surface area contributed by atoms with Crippen molar-refractivity contribution in [3.8, 4) is 0 Å². The first-order chi connectivity index (χ1) is 7.15. The number of pyridine rings is 1. The topological polar surface area (TPSA) is 36.4 Å². The van der Waals surface area contributed by atoms with Crippen LogP contribution in [0.2, 0.25) is 0 Å². The Morgan fingerprint density at radius 2 is 2.33 bits per heavy atom. The third-order valence-electron chi connectivity index (χ3n) is 3.24. The maximum absolute atomic E-state index is 9.28. The van der Waals surface area contributed by atoms with Crippen molar-refractivity contribution < 1.29 is 5.11 Å². The van der Waals surface area contributed by atoms with Gasteiger partial charge in [0.1, 0.15) is 0 Å². The van der Waals surface area contributed by atoms with Crippen molar-refractivity contribution in [1.82, 2.24) is 4.98 Å². The van der Waals surface area contributed by atoms with E-state index in [4.69, 9.17) is 0 Å². The van der Waals surface area contributed by atoms with E-state index in [1.165, 1.54) is 12.8 Å². The number of aliphatic hydroxyl groups is 1. The van der Waals surface area contributed by atoms with Crippen LogP contribution in [0.1, 0.15) is 32.3 Å². The Bertz CT molecular complexity index is 349. The highest BCUT2D eigenvalue weighted by molar-refractivity contribution is 5.54. The van der Waals surface area contributed by atoms with Gasteiger partial charge >= 0.3 is 0 Å². The molecule has 0 saturated carbocycles. The lowest BCUT2D eigenvalue weighted by molar-refractivity contribution is 0.281. The highest BCUT2D eigenvalue weighted by Gasteiger charge is 2.32. The fourth-order valence-corrected chi connectivity index (χ4v) is 2.36. The first-order valence-electron chi connectivity index (χ1n) is 5.46. The number of aliphatic hydroxyl groups excluding tert-OH is 1. The van der Waals surface area contributed by atoms with Gasteiger partial charge in [0.2, 0.25) is 0 Å². The molecule has 2 heterocycles. The number of aromatic nitrogens is 1. The molecule has 3 heteroatoms. The van der Waals surface area contributed by atoms with Crippen LogP contribution < -0.4 is 4.90 Å². The molecule has 1 saturated heterocycles. The van der Waals surface area contributed by atoms with Gasteiger partial charge in [0.05, 0.1) is 6.61 Å². The number of hydrogen-bond acceptors (Lipinski definition) is 3. The van der Waals surface area contributed by atoms with Crippen LogP contribution in [0.4, 0.5) is 5.69 Å². The highest BCUT2D eigenvalue weighted by Crippen LogP contribution is 2.34. The van der Waals surface area contributed by atoms with Gasteiger partial charge in [0, 0.05) is 35.7 Å². The Balaban J connectivity index is 2.36. The molecule has 0 atom stereocenters. The molecular weight excluding hydrogens is 188 g/mol. The molecule has 0 aromatic carbocycles. The zero-order chi connectivity index (χ0) is 10.9. The zero-order valence-corrected chi connectivity index (χ0v) is 9.40. The summed E-state index contributed by atoms with van der Waals surface area (Å²) in [6, 6.07) is 2.00. The molecule has 1 aromatic rings. The molecule has 1 aromatic heterocycles. The van der Waals surface area contributed by atoms with Gasteiger partial charge in [-0.3, -0.25) is 4.98 Å². The molecule has 82 valence electrons. The molecular formula is C12H18N2O. The minimum absolute atomic E-state index is 0.0652. The average molecular weight is 206 g/mol. The summed E-state index contributed by atoms with van der Waals surface area (Å²) in [5.74, 6) is 0. The first kappa shape index (κ1) is 10.4. The third-order valence-corrected chi connectivity index (χ3v) is 3.24. The van der Waals surface area contributed by atoms with E-state index in [2.05, 4.69) is 23.7 Å². The Morgan fingerprint density at radius 3 is 2.93 bits per heavy atom. The second-order valence-corrected chi connectivity index (χ2v) is 4.73. The van der Waals surface area contributed by atoms with Crippen molar-refractivity contribution in [2.75, 3.05) is 11.4 Å². The molecule has 3 nitrogen and oxygen atoms in total. The van der Waals surface area contributed by atoms with Crippen LogP contribution in [0.5, 0.6) is 0 Å². The fourth-order valence-electron chi connectivity index (χ4n) is 2.36. The van der Waals surface area contributed by atoms with Crippen LogP contribution in [0.25, 0.3) is 0 Å². The summed E-state index contributed by atoms with van der Waals surface area (Å²) in [5, 5.41) is 9.28. The Labute approximate surface area is 90.8 Å². The second-order valence-electron chi connectivity index (χ2n) is 4.73. The maximum Gasteiger partial charge on any atom is 0.0717 e.